The van der Waals surface area contributed by atoms with Crippen LogP contribution in [0.25, 0.3) is 0 Å². The van der Waals surface area contributed by atoms with Crippen molar-refractivity contribution in [3.05, 3.63) is 10.6 Å². The van der Waals surface area contributed by atoms with Crippen molar-refractivity contribution in [2.24, 2.45) is 0 Å². The minimum Gasteiger partial charge on any atom is -0.481 e. The fourth-order valence-electron chi connectivity index (χ4n) is 3.30. The first-order valence-corrected chi connectivity index (χ1v) is 10.1. The molecule has 0 fully saturated rings. The molecule has 0 bridgehead atoms. The third-order valence-electron chi connectivity index (χ3n) is 4.68. The number of aryl methyl sites for hydroxylation is 1. The van der Waals surface area contributed by atoms with Crippen LogP contribution < -0.4 is 10.6 Å². The van der Waals surface area contributed by atoms with Crippen molar-refractivity contribution < 1.29 is 19.5 Å². The number of likely N-dealkylation sites (N-methyl/N-ethyl adjacent to an activating group) is 1. The zero-order valence-electron chi connectivity index (χ0n) is 16.1. The molecule has 2 rings (SSSR count). The van der Waals surface area contributed by atoms with E-state index < -0.39 is 17.9 Å². The fraction of sp³-hybridized carbons (Fsp3) is 0.667. The number of nitrogens with one attached hydrogen (secondary N) is 2. The number of carboxylic acid groups (broad SMARTS) is 1. The summed E-state index contributed by atoms with van der Waals surface area (Å²) in [5, 5.41) is 14.6. The van der Waals surface area contributed by atoms with Gasteiger partial charge in [-0.15, -0.1) is 11.3 Å². The van der Waals surface area contributed by atoms with Crippen molar-refractivity contribution >= 4 is 34.3 Å². The number of aromatic nitrogens is 1. The molecule has 1 aliphatic rings. The van der Waals surface area contributed by atoms with Gasteiger partial charge in [-0.1, -0.05) is 6.92 Å². The number of fused-ring (bicyclic) bond motifs is 1. The summed E-state index contributed by atoms with van der Waals surface area (Å²) in [5.74, 6) is -1.82. The van der Waals surface area contributed by atoms with Crippen molar-refractivity contribution in [2.75, 3.05) is 18.9 Å². The first kappa shape index (κ1) is 21.3. The average Bonchev–Trinajstić information content (AvgIpc) is 2.99. The molecule has 8 nitrogen and oxygen atoms in total. The minimum absolute atomic E-state index is 0.0374. The number of amides is 2. The Balaban J connectivity index is 2.01. The van der Waals surface area contributed by atoms with Gasteiger partial charge in [-0.2, -0.15) is 0 Å². The maximum atomic E-state index is 12.5. The smallest absolute Gasteiger partial charge is 0.303 e. The molecule has 0 spiro atoms. The van der Waals surface area contributed by atoms with Gasteiger partial charge in [0.05, 0.1) is 5.69 Å². The van der Waals surface area contributed by atoms with Gasteiger partial charge in [0.25, 0.3) is 0 Å². The molecule has 150 valence electrons. The Hall–Kier alpha value is -2.00. The number of anilines is 1. The lowest BCUT2D eigenvalue weighted by Crippen LogP contribution is -2.43. The van der Waals surface area contributed by atoms with Gasteiger partial charge < -0.3 is 20.6 Å². The summed E-state index contributed by atoms with van der Waals surface area (Å²) in [7, 11) is 2.14. The highest BCUT2D eigenvalue weighted by Crippen LogP contribution is 2.31. The van der Waals surface area contributed by atoms with E-state index in [1.165, 1.54) is 23.1 Å². The first-order valence-electron chi connectivity index (χ1n) is 9.28. The molecule has 2 atom stereocenters. The van der Waals surface area contributed by atoms with Gasteiger partial charge >= 0.3 is 5.97 Å². The van der Waals surface area contributed by atoms with Crippen LogP contribution >= 0.6 is 11.3 Å². The zero-order valence-corrected chi connectivity index (χ0v) is 16.9. The third-order valence-corrected chi connectivity index (χ3v) is 5.72. The SMILES string of the molecule is CCCN(C)[C@H]1CCc2nc(NC(=O)[C@H](CCC(=O)O)NC(C)=O)sc2C1. The number of aliphatic carboxylic acids is 1. The molecular formula is C18H28N4O4S. The fourth-order valence-corrected chi connectivity index (χ4v) is 4.38. The number of hydrogen-bond donors (Lipinski definition) is 3. The van der Waals surface area contributed by atoms with Crippen LogP contribution in [-0.4, -0.2) is 58.5 Å². The summed E-state index contributed by atoms with van der Waals surface area (Å²) in [6, 6.07) is -0.396. The van der Waals surface area contributed by atoms with Gasteiger partial charge in [-0.05, 0) is 45.7 Å². The van der Waals surface area contributed by atoms with E-state index in [-0.39, 0.29) is 18.7 Å². The maximum absolute atomic E-state index is 12.5. The molecule has 1 aliphatic carbocycles. The van der Waals surface area contributed by atoms with Gasteiger partial charge in [0.2, 0.25) is 11.8 Å². The molecule has 1 aromatic rings. The Morgan fingerprint density at radius 2 is 2.15 bits per heavy atom. The molecule has 0 radical (unpaired) electrons. The van der Waals surface area contributed by atoms with Crippen LogP contribution in [0.2, 0.25) is 0 Å². The van der Waals surface area contributed by atoms with E-state index in [2.05, 4.69) is 34.5 Å². The van der Waals surface area contributed by atoms with Crippen molar-refractivity contribution in [1.82, 2.24) is 15.2 Å². The van der Waals surface area contributed by atoms with E-state index in [1.54, 1.807) is 0 Å². The number of carbonyl (C=O) groups is 3. The molecule has 27 heavy (non-hydrogen) atoms. The second-order valence-electron chi connectivity index (χ2n) is 6.94. The number of carbonyl (C=O) groups excluding carboxylic acids is 2. The predicted molar refractivity (Wildman–Crippen MR) is 104 cm³/mol. The summed E-state index contributed by atoms with van der Waals surface area (Å²) < 4.78 is 0. The normalized spacial score (nSPS) is 17.3. The number of thiazole rings is 1. The Kier molecular flexibility index (Phi) is 7.73. The summed E-state index contributed by atoms with van der Waals surface area (Å²) in [6.07, 6.45) is 3.81. The third kappa shape index (κ3) is 6.28. The Labute approximate surface area is 163 Å². The zero-order chi connectivity index (χ0) is 20.0. The molecule has 0 saturated carbocycles. The topological polar surface area (TPSA) is 112 Å². The Morgan fingerprint density at radius 1 is 1.41 bits per heavy atom. The lowest BCUT2D eigenvalue weighted by Gasteiger charge is -2.30. The molecule has 0 saturated heterocycles. The van der Waals surface area contributed by atoms with Crippen LogP contribution in [0.3, 0.4) is 0 Å². The molecular weight excluding hydrogens is 368 g/mol. The molecule has 2 amide bonds. The van der Waals surface area contributed by atoms with Crippen LogP contribution in [0.5, 0.6) is 0 Å². The van der Waals surface area contributed by atoms with Crippen LogP contribution in [0.1, 0.15) is 50.1 Å². The van der Waals surface area contributed by atoms with Crippen molar-refractivity contribution in [2.45, 2.75) is 64.5 Å². The summed E-state index contributed by atoms with van der Waals surface area (Å²) in [6.45, 7) is 4.53. The number of rotatable bonds is 9. The predicted octanol–water partition coefficient (Wildman–Crippen LogP) is 1.65. The van der Waals surface area contributed by atoms with Gasteiger partial charge in [0.1, 0.15) is 6.04 Å². The van der Waals surface area contributed by atoms with E-state index >= 15 is 0 Å². The molecule has 1 aromatic heterocycles. The second kappa shape index (κ2) is 9.80. The summed E-state index contributed by atoms with van der Waals surface area (Å²) in [5.41, 5.74) is 1.03. The number of hydrogen-bond acceptors (Lipinski definition) is 6. The highest BCUT2D eigenvalue weighted by atomic mass is 32.1. The molecule has 3 N–H and O–H groups in total. The lowest BCUT2D eigenvalue weighted by molar-refractivity contribution is -0.137. The van der Waals surface area contributed by atoms with E-state index in [4.69, 9.17) is 5.11 Å². The molecule has 0 aliphatic heterocycles. The van der Waals surface area contributed by atoms with E-state index in [1.807, 2.05) is 0 Å². The Bertz CT molecular complexity index is 691. The monoisotopic (exact) mass is 396 g/mol. The largest absolute Gasteiger partial charge is 0.481 e. The van der Waals surface area contributed by atoms with Crippen molar-refractivity contribution in [3.8, 4) is 0 Å². The van der Waals surface area contributed by atoms with Crippen LogP contribution in [-0.2, 0) is 27.2 Å². The summed E-state index contributed by atoms with van der Waals surface area (Å²) >= 11 is 1.46. The van der Waals surface area contributed by atoms with Gasteiger partial charge in [-0.25, -0.2) is 4.98 Å². The van der Waals surface area contributed by atoms with Crippen molar-refractivity contribution in [1.29, 1.82) is 0 Å². The van der Waals surface area contributed by atoms with Crippen LogP contribution in [0.4, 0.5) is 5.13 Å². The molecule has 1 heterocycles. The molecule has 9 heteroatoms. The minimum atomic E-state index is -1.01. The highest BCUT2D eigenvalue weighted by molar-refractivity contribution is 7.15. The molecule has 0 unspecified atom stereocenters. The standard InChI is InChI=1S/C18H28N4O4S/c1-4-9-22(3)12-5-6-13-15(10-12)27-18(20-13)21-17(26)14(19-11(2)23)7-8-16(24)25/h12,14H,4-10H2,1-3H3,(H,19,23)(H,24,25)(H,20,21,26)/t12-,14-/m0/s1. The van der Waals surface area contributed by atoms with E-state index in [0.717, 1.165) is 37.9 Å². The highest BCUT2D eigenvalue weighted by Gasteiger charge is 2.27. The number of carboxylic acids is 1. The van der Waals surface area contributed by atoms with Gasteiger partial charge in [-0.3, -0.25) is 14.4 Å². The average molecular weight is 397 g/mol. The number of nitrogens with zero attached hydrogens (tertiary/aromatic N) is 2. The van der Waals surface area contributed by atoms with Crippen LogP contribution in [0, 0.1) is 0 Å². The van der Waals surface area contributed by atoms with Crippen molar-refractivity contribution in [3.63, 3.8) is 0 Å². The first-order chi connectivity index (χ1) is 12.8. The van der Waals surface area contributed by atoms with E-state index in [9.17, 15) is 14.4 Å². The van der Waals surface area contributed by atoms with E-state index in [0.29, 0.717) is 11.2 Å². The van der Waals surface area contributed by atoms with Gasteiger partial charge in [0.15, 0.2) is 5.13 Å². The van der Waals surface area contributed by atoms with Gasteiger partial charge in [0, 0.05) is 24.3 Å². The maximum Gasteiger partial charge on any atom is 0.303 e. The second-order valence-corrected chi connectivity index (χ2v) is 8.02. The lowest BCUT2D eigenvalue weighted by atomic mass is 9.96. The Morgan fingerprint density at radius 3 is 2.78 bits per heavy atom. The summed E-state index contributed by atoms with van der Waals surface area (Å²) in [4.78, 5) is 42.6. The quantitative estimate of drug-likeness (QED) is 0.585. The van der Waals surface area contributed by atoms with Crippen LogP contribution in [0.15, 0.2) is 0 Å². The molecule has 0 aromatic carbocycles.